The molecule has 0 saturated heterocycles. The minimum atomic E-state index is 0.743. The van der Waals surface area contributed by atoms with Gasteiger partial charge in [0.15, 0.2) is 5.82 Å². The van der Waals surface area contributed by atoms with Crippen LogP contribution in [0.2, 0.25) is 0 Å². The van der Waals surface area contributed by atoms with E-state index >= 15 is 0 Å². The van der Waals surface area contributed by atoms with Crippen molar-refractivity contribution in [2.24, 2.45) is 7.05 Å². The Morgan fingerprint density at radius 2 is 2.00 bits per heavy atom. The Bertz CT molecular complexity index is 713. The van der Waals surface area contributed by atoms with Gasteiger partial charge < -0.3 is 5.32 Å². The van der Waals surface area contributed by atoms with Gasteiger partial charge in [-0.05, 0) is 19.1 Å². The smallest absolute Gasteiger partial charge is 0.207 e. The lowest BCUT2D eigenvalue weighted by Gasteiger charge is -2.08. The molecule has 21 heavy (non-hydrogen) atoms. The van der Waals surface area contributed by atoms with Crippen LogP contribution in [0.1, 0.15) is 11.5 Å². The maximum Gasteiger partial charge on any atom is 0.207 e. The predicted molar refractivity (Wildman–Crippen MR) is 81.5 cm³/mol. The number of hydrogen-bond acceptors (Lipinski definition) is 4. The monoisotopic (exact) mass is 282 g/mol. The van der Waals surface area contributed by atoms with Crippen molar-refractivity contribution in [2.45, 2.75) is 13.3 Å². The average molecular weight is 282 g/mol. The van der Waals surface area contributed by atoms with Gasteiger partial charge in [0.05, 0.1) is 5.69 Å². The number of benzene rings is 1. The number of imidazole rings is 1. The molecule has 0 spiro atoms. The molecule has 1 aromatic carbocycles. The van der Waals surface area contributed by atoms with E-state index in [1.54, 1.807) is 11.0 Å². The molecule has 2 heterocycles. The molecule has 0 aliphatic heterocycles. The molecule has 1 N–H and O–H groups in total. The highest BCUT2D eigenvalue weighted by Gasteiger charge is 2.07. The third-order valence-corrected chi connectivity index (χ3v) is 3.14. The number of nitrogens with zero attached hydrogens (tertiary/aromatic N) is 5. The number of aryl methyl sites for hydroxylation is 2. The Hall–Kier alpha value is -2.63. The van der Waals surface area contributed by atoms with Crippen LogP contribution in [-0.2, 0) is 13.5 Å². The molecule has 3 rings (SSSR count). The van der Waals surface area contributed by atoms with Crippen molar-refractivity contribution in [1.29, 1.82) is 0 Å². The van der Waals surface area contributed by atoms with E-state index in [1.807, 2.05) is 38.4 Å². The number of aromatic nitrogens is 5. The Kier molecular flexibility index (Phi) is 3.68. The first kappa shape index (κ1) is 13.4. The molecule has 0 radical (unpaired) electrons. The van der Waals surface area contributed by atoms with Crippen LogP contribution in [0.25, 0.3) is 5.69 Å². The Morgan fingerprint density at radius 1 is 1.19 bits per heavy atom. The fraction of sp³-hybridized carbons (Fsp3) is 0.267. The first-order valence-corrected chi connectivity index (χ1v) is 6.92. The number of nitrogens with one attached hydrogen (secondary N) is 1. The zero-order valence-corrected chi connectivity index (χ0v) is 12.2. The van der Waals surface area contributed by atoms with Crippen molar-refractivity contribution in [3.05, 3.63) is 54.4 Å². The topological polar surface area (TPSA) is 60.6 Å². The second-order valence-electron chi connectivity index (χ2n) is 4.92. The molecule has 2 aromatic heterocycles. The van der Waals surface area contributed by atoms with E-state index in [0.29, 0.717) is 0 Å². The van der Waals surface area contributed by atoms with Crippen LogP contribution in [0, 0.1) is 6.92 Å². The fourth-order valence-electron chi connectivity index (χ4n) is 2.19. The summed E-state index contributed by atoms with van der Waals surface area (Å²) in [5.74, 6) is 1.68. The molecule has 0 fully saturated rings. The van der Waals surface area contributed by atoms with Gasteiger partial charge in [0, 0.05) is 31.9 Å². The third kappa shape index (κ3) is 3.10. The van der Waals surface area contributed by atoms with Gasteiger partial charge in [0.2, 0.25) is 5.95 Å². The van der Waals surface area contributed by atoms with Gasteiger partial charge >= 0.3 is 0 Å². The largest absolute Gasteiger partial charge is 0.355 e. The van der Waals surface area contributed by atoms with Crippen LogP contribution >= 0.6 is 0 Å². The van der Waals surface area contributed by atoms with Gasteiger partial charge in [-0.1, -0.05) is 18.2 Å². The molecule has 0 aliphatic rings. The summed E-state index contributed by atoms with van der Waals surface area (Å²) in [5, 5.41) is 7.62. The highest BCUT2D eigenvalue weighted by Crippen LogP contribution is 2.16. The summed E-state index contributed by atoms with van der Waals surface area (Å²) in [5.41, 5.74) is 2.08. The Balaban J connectivity index is 1.71. The maximum atomic E-state index is 4.53. The SMILES string of the molecule is Cc1cn(-c2ccccc2)c(NCCc2ncn(C)n2)n1. The normalized spacial score (nSPS) is 10.8. The van der Waals surface area contributed by atoms with E-state index in [-0.39, 0.29) is 0 Å². The summed E-state index contributed by atoms with van der Waals surface area (Å²) in [6.45, 7) is 2.73. The summed E-state index contributed by atoms with van der Waals surface area (Å²) in [7, 11) is 1.87. The second-order valence-corrected chi connectivity index (χ2v) is 4.92. The van der Waals surface area contributed by atoms with Crippen LogP contribution in [0.15, 0.2) is 42.9 Å². The van der Waals surface area contributed by atoms with E-state index in [9.17, 15) is 0 Å². The van der Waals surface area contributed by atoms with Gasteiger partial charge in [0.25, 0.3) is 0 Å². The molecule has 0 bridgehead atoms. The Morgan fingerprint density at radius 3 is 2.71 bits per heavy atom. The quantitative estimate of drug-likeness (QED) is 0.777. The molecule has 6 heteroatoms. The standard InChI is InChI=1S/C15H18N6/c1-12-10-21(13-6-4-3-5-7-13)15(18-12)16-9-8-14-17-11-20(2)19-14/h3-7,10-11H,8-9H2,1-2H3,(H,16,18). The minimum Gasteiger partial charge on any atom is -0.355 e. The minimum absolute atomic E-state index is 0.743. The summed E-state index contributed by atoms with van der Waals surface area (Å²) < 4.78 is 3.77. The first-order valence-electron chi connectivity index (χ1n) is 6.92. The van der Waals surface area contributed by atoms with Crippen LogP contribution in [0.3, 0.4) is 0 Å². The van der Waals surface area contributed by atoms with Crippen molar-refractivity contribution >= 4 is 5.95 Å². The summed E-state index contributed by atoms with van der Waals surface area (Å²) in [4.78, 5) is 8.75. The van der Waals surface area contributed by atoms with Crippen molar-refractivity contribution in [1.82, 2.24) is 24.3 Å². The van der Waals surface area contributed by atoms with Gasteiger partial charge in [0.1, 0.15) is 6.33 Å². The molecule has 3 aromatic rings. The molecular formula is C15H18N6. The first-order chi connectivity index (χ1) is 10.2. The van der Waals surface area contributed by atoms with Crippen LogP contribution in [-0.4, -0.2) is 30.9 Å². The summed E-state index contributed by atoms with van der Waals surface area (Å²) in [6, 6.07) is 10.2. The molecule has 0 amide bonds. The zero-order chi connectivity index (χ0) is 14.7. The van der Waals surface area contributed by atoms with E-state index in [1.165, 1.54) is 0 Å². The number of para-hydroxylation sites is 1. The molecule has 0 aliphatic carbocycles. The van der Waals surface area contributed by atoms with Gasteiger partial charge in [-0.15, -0.1) is 0 Å². The van der Waals surface area contributed by atoms with E-state index in [0.717, 1.165) is 36.1 Å². The zero-order valence-electron chi connectivity index (χ0n) is 12.2. The van der Waals surface area contributed by atoms with Crippen LogP contribution < -0.4 is 5.32 Å². The molecule has 0 atom stereocenters. The average Bonchev–Trinajstić information content (AvgIpc) is 3.06. The lowest BCUT2D eigenvalue weighted by Crippen LogP contribution is -2.10. The highest BCUT2D eigenvalue weighted by atomic mass is 15.3. The van der Waals surface area contributed by atoms with Crippen molar-refractivity contribution in [3.63, 3.8) is 0 Å². The van der Waals surface area contributed by atoms with E-state index in [2.05, 4.69) is 37.1 Å². The van der Waals surface area contributed by atoms with Gasteiger partial charge in [-0.2, -0.15) is 5.10 Å². The molecule has 0 saturated carbocycles. The number of hydrogen-bond donors (Lipinski definition) is 1. The predicted octanol–water partition coefficient (Wildman–Crippen LogP) is 1.96. The maximum absolute atomic E-state index is 4.53. The molecular weight excluding hydrogens is 264 g/mol. The second kappa shape index (κ2) is 5.78. The van der Waals surface area contributed by atoms with Crippen LogP contribution in [0.5, 0.6) is 0 Å². The van der Waals surface area contributed by atoms with Crippen molar-refractivity contribution in [3.8, 4) is 5.69 Å². The highest BCUT2D eigenvalue weighted by molar-refractivity contribution is 5.42. The van der Waals surface area contributed by atoms with E-state index < -0.39 is 0 Å². The number of rotatable bonds is 5. The van der Waals surface area contributed by atoms with Crippen molar-refractivity contribution < 1.29 is 0 Å². The fourth-order valence-corrected chi connectivity index (χ4v) is 2.19. The molecule has 6 nitrogen and oxygen atoms in total. The van der Waals surface area contributed by atoms with Gasteiger partial charge in [-0.3, -0.25) is 9.25 Å². The van der Waals surface area contributed by atoms with E-state index in [4.69, 9.17) is 0 Å². The van der Waals surface area contributed by atoms with Gasteiger partial charge in [-0.25, -0.2) is 9.97 Å². The third-order valence-electron chi connectivity index (χ3n) is 3.14. The van der Waals surface area contributed by atoms with Crippen molar-refractivity contribution in [2.75, 3.05) is 11.9 Å². The lowest BCUT2D eigenvalue weighted by atomic mass is 10.3. The lowest BCUT2D eigenvalue weighted by molar-refractivity contribution is 0.741. The van der Waals surface area contributed by atoms with Crippen LogP contribution in [0.4, 0.5) is 5.95 Å². The molecule has 0 unspecified atom stereocenters. The molecule has 108 valence electrons. The Labute approximate surface area is 123 Å². The summed E-state index contributed by atoms with van der Waals surface area (Å²) in [6.07, 6.45) is 4.50. The number of anilines is 1. The summed E-state index contributed by atoms with van der Waals surface area (Å²) >= 11 is 0.